The fraction of sp³-hybridized carbons (Fsp3) is 0. The molecule has 0 bridgehead atoms. The van der Waals surface area contributed by atoms with E-state index in [0.29, 0.717) is 0 Å². The molecule has 9 aromatic carbocycles. The number of aromatic nitrogens is 2. The van der Waals surface area contributed by atoms with Crippen LogP contribution in [0.1, 0.15) is 0 Å². The molecule has 4 heterocycles. The van der Waals surface area contributed by atoms with Crippen LogP contribution >= 0.6 is 0 Å². The summed E-state index contributed by atoms with van der Waals surface area (Å²) in [7, 11) is 0. The van der Waals surface area contributed by atoms with Gasteiger partial charge in [0.2, 0.25) is 0 Å². The lowest BCUT2D eigenvalue weighted by atomic mass is 9.34. The molecule has 2 aliphatic heterocycles. The number of rotatable bonds is 0. The van der Waals surface area contributed by atoms with Gasteiger partial charge in [0.15, 0.2) is 0 Å². The Morgan fingerprint density at radius 3 is 1.78 bits per heavy atom. The molecule has 0 N–H and O–H groups in total. The average molecular weight is 617 g/mol. The predicted octanol–water partition coefficient (Wildman–Crippen LogP) is 9.64. The van der Waals surface area contributed by atoms with Gasteiger partial charge in [0.25, 0.3) is 6.71 Å². The van der Waals surface area contributed by atoms with E-state index in [-0.39, 0.29) is 6.71 Å². The van der Waals surface area contributed by atoms with Gasteiger partial charge in [-0.25, -0.2) is 0 Å². The van der Waals surface area contributed by atoms with Crippen LogP contribution in [0.3, 0.4) is 0 Å². The smallest absolute Gasteiger partial charge is 0.252 e. The van der Waals surface area contributed by atoms with Crippen LogP contribution in [0.5, 0.6) is 0 Å². The molecule has 3 heteroatoms. The molecule has 49 heavy (non-hydrogen) atoms. The largest absolute Gasteiger partial charge is 0.310 e. The zero-order valence-corrected chi connectivity index (χ0v) is 26.4. The van der Waals surface area contributed by atoms with Crippen LogP contribution in [0.25, 0.3) is 98.1 Å². The fourth-order valence-electron chi connectivity index (χ4n) is 10.1. The van der Waals surface area contributed by atoms with E-state index in [9.17, 15) is 0 Å². The summed E-state index contributed by atoms with van der Waals surface area (Å²) in [6.45, 7) is 0.0940. The lowest BCUT2D eigenvalue weighted by molar-refractivity contribution is 1.16. The maximum absolute atomic E-state index is 2.64. The molecule has 13 rings (SSSR count). The molecular formula is C46H25BN2. The van der Waals surface area contributed by atoms with Gasteiger partial charge in [0.1, 0.15) is 0 Å². The van der Waals surface area contributed by atoms with Gasteiger partial charge in [-0.15, -0.1) is 0 Å². The summed E-state index contributed by atoms with van der Waals surface area (Å²) in [6, 6.07) is 57.1. The van der Waals surface area contributed by atoms with E-state index in [4.69, 9.17) is 0 Å². The number of fused-ring (bicyclic) bond motifs is 19. The van der Waals surface area contributed by atoms with Gasteiger partial charge in [-0.2, -0.15) is 0 Å². The van der Waals surface area contributed by atoms with Crippen molar-refractivity contribution in [2.24, 2.45) is 0 Å². The standard InChI is InChI=1S/C46H25BN2/c1-3-14-28-26(12-1)24-37-46-40(28)34-20-9-10-23-38(34)48(46)45-29-15-4-2-13-27(29)25-39-42(45)47(37)36-22-11-21-35-41-32-18-7-5-16-30(32)31-17-6-8-19-33(31)44(41)49(39)43(35)36/h1-25H. The van der Waals surface area contributed by atoms with E-state index in [1.165, 1.54) is 114 Å². The molecular weight excluding hydrogens is 591 g/mol. The summed E-state index contributed by atoms with van der Waals surface area (Å²) >= 11 is 0. The Bertz CT molecular complexity index is 3340. The fourth-order valence-corrected chi connectivity index (χ4v) is 10.1. The summed E-state index contributed by atoms with van der Waals surface area (Å²) < 4.78 is 5.26. The summed E-state index contributed by atoms with van der Waals surface area (Å²) in [4.78, 5) is 0. The Labute approximate surface area is 281 Å². The molecule has 0 fully saturated rings. The molecule has 222 valence electrons. The molecule has 2 aromatic heterocycles. The first-order valence-corrected chi connectivity index (χ1v) is 17.2. The van der Waals surface area contributed by atoms with Gasteiger partial charge >= 0.3 is 0 Å². The highest BCUT2D eigenvalue weighted by atomic mass is 15.0. The Hall–Kier alpha value is -6.32. The van der Waals surface area contributed by atoms with Crippen LogP contribution in [0.4, 0.5) is 0 Å². The second kappa shape index (κ2) is 8.39. The maximum atomic E-state index is 2.64. The molecule has 0 amide bonds. The summed E-state index contributed by atoms with van der Waals surface area (Å²) in [5.41, 5.74) is 12.1. The summed E-state index contributed by atoms with van der Waals surface area (Å²) in [5, 5.41) is 15.8. The van der Waals surface area contributed by atoms with Crippen molar-refractivity contribution in [3.63, 3.8) is 0 Å². The van der Waals surface area contributed by atoms with Gasteiger partial charge in [-0.05, 0) is 60.8 Å². The van der Waals surface area contributed by atoms with Crippen molar-refractivity contribution >= 4 is 110 Å². The zero-order valence-electron chi connectivity index (χ0n) is 26.4. The minimum atomic E-state index is 0.0940. The monoisotopic (exact) mass is 616 g/mol. The normalized spacial score (nSPS) is 13.3. The molecule has 0 aliphatic carbocycles. The van der Waals surface area contributed by atoms with Crippen molar-refractivity contribution in [1.82, 2.24) is 9.13 Å². The Kier molecular flexibility index (Phi) is 4.25. The van der Waals surface area contributed by atoms with E-state index < -0.39 is 0 Å². The molecule has 11 aromatic rings. The number of benzene rings is 9. The molecule has 0 unspecified atom stereocenters. The maximum Gasteiger partial charge on any atom is 0.252 e. The second-order valence-corrected chi connectivity index (χ2v) is 14.0. The summed E-state index contributed by atoms with van der Waals surface area (Å²) in [5.74, 6) is 0. The highest BCUT2D eigenvalue weighted by molar-refractivity contribution is 7.00. The van der Waals surface area contributed by atoms with Crippen LogP contribution < -0.4 is 16.4 Å². The number of hydrogen-bond acceptors (Lipinski definition) is 0. The first kappa shape index (κ1) is 24.8. The topological polar surface area (TPSA) is 9.86 Å². The van der Waals surface area contributed by atoms with Crippen molar-refractivity contribution in [3.8, 4) is 11.4 Å². The third-order valence-electron chi connectivity index (χ3n) is 11.8. The van der Waals surface area contributed by atoms with Crippen molar-refractivity contribution in [3.05, 3.63) is 152 Å². The van der Waals surface area contributed by atoms with Gasteiger partial charge in [-0.3, -0.25) is 0 Å². The van der Waals surface area contributed by atoms with Crippen LogP contribution in [0, 0.1) is 0 Å². The lowest BCUT2D eigenvalue weighted by Crippen LogP contribution is -2.59. The van der Waals surface area contributed by atoms with E-state index >= 15 is 0 Å². The minimum Gasteiger partial charge on any atom is -0.310 e. The first-order chi connectivity index (χ1) is 24.4. The molecule has 0 saturated heterocycles. The van der Waals surface area contributed by atoms with E-state index in [1.54, 1.807) is 0 Å². The molecule has 0 atom stereocenters. The SMILES string of the molecule is c1ccc2c3c4c(cc2c1)-n1c2c(cccc2c2c5ccccc5c5ccccc5c21)B4c1cc2ccccc2c2c4ccccc4n-3c12. The number of para-hydroxylation sites is 2. The zero-order chi connectivity index (χ0) is 31.5. The molecule has 2 aliphatic rings. The van der Waals surface area contributed by atoms with Crippen molar-refractivity contribution < 1.29 is 0 Å². The lowest BCUT2D eigenvalue weighted by Gasteiger charge is -2.35. The Morgan fingerprint density at radius 1 is 0.367 bits per heavy atom. The Balaban J connectivity index is 1.36. The van der Waals surface area contributed by atoms with Crippen molar-refractivity contribution in [1.29, 1.82) is 0 Å². The van der Waals surface area contributed by atoms with Gasteiger partial charge in [0, 0.05) is 43.5 Å². The van der Waals surface area contributed by atoms with Crippen LogP contribution in [-0.2, 0) is 0 Å². The van der Waals surface area contributed by atoms with Crippen LogP contribution in [0.2, 0.25) is 0 Å². The van der Waals surface area contributed by atoms with Gasteiger partial charge in [-0.1, -0.05) is 140 Å². The van der Waals surface area contributed by atoms with E-state index in [0.717, 1.165) is 0 Å². The first-order valence-electron chi connectivity index (χ1n) is 17.2. The van der Waals surface area contributed by atoms with Crippen LogP contribution in [0.15, 0.2) is 152 Å². The third kappa shape index (κ3) is 2.74. The quantitative estimate of drug-likeness (QED) is 0.119. The van der Waals surface area contributed by atoms with Gasteiger partial charge in [0.05, 0.1) is 22.2 Å². The summed E-state index contributed by atoms with van der Waals surface area (Å²) in [6.07, 6.45) is 0. The minimum absolute atomic E-state index is 0.0940. The van der Waals surface area contributed by atoms with E-state index in [2.05, 4.69) is 161 Å². The Morgan fingerprint density at radius 2 is 0.959 bits per heavy atom. The second-order valence-electron chi connectivity index (χ2n) is 14.0. The molecule has 2 nitrogen and oxygen atoms in total. The molecule has 0 spiro atoms. The number of hydrogen-bond donors (Lipinski definition) is 0. The van der Waals surface area contributed by atoms with Crippen molar-refractivity contribution in [2.45, 2.75) is 0 Å². The van der Waals surface area contributed by atoms with Crippen LogP contribution in [-0.4, -0.2) is 15.8 Å². The predicted molar refractivity (Wildman–Crippen MR) is 210 cm³/mol. The van der Waals surface area contributed by atoms with Crippen molar-refractivity contribution in [2.75, 3.05) is 0 Å². The highest BCUT2D eigenvalue weighted by Gasteiger charge is 2.42. The van der Waals surface area contributed by atoms with E-state index in [1.807, 2.05) is 0 Å². The molecule has 0 radical (unpaired) electrons. The molecule has 0 saturated carbocycles. The highest BCUT2D eigenvalue weighted by Crippen LogP contribution is 2.46. The number of nitrogens with zero attached hydrogens (tertiary/aromatic N) is 2. The van der Waals surface area contributed by atoms with Gasteiger partial charge < -0.3 is 9.13 Å². The average Bonchev–Trinajstić information content (AvgIpc) is 3.70. The third-order valence-corrected chi connectivity index (χ3v) is 11.8.